The van der Waals surface area contributed by atoms with E-state index in [1.807, 2.05) is 27.7 Å². The Morgan fingerprint density at radius 2 is 1.52 bits per heavy atom. The summed E-state index contributed by atoms with van der Waals surface area (Å²) in [7, 11) is 0. The lowest BCUT2D eigenvalue weighted by Gasteiger charge is -2.10. The number of aryl methyl sites for hydroxylation is 2. The first kappa shape index (κ1) is 19.2. The molecule has 0 atom stereocenters. The van der Waals surface area contributed by atoms with Crippen molar-refractivity contribution >= 4 is 0 Å². The highest BCUT2D eigenvalue weighted by molar-refractivity contribution is 5.41. The van der Waals surface area contributed by atoms with Gasteiger partial charge in [0.2, 0.25) is 0 Å². The lowest BCUT2D eigenvalue weighted by molar-refractivity contribution is -0.137. The molecule has 0 unspecified atom stereocenters. The van der Waals surface area contributed by atoms with Crippen LogP contribution in [0.1, 0.15) is 44.5 Å². The van der Waals surface area contributed by atoms with Gasteiger partial charge in [-0.1, -0.05) is 27.7 Å². The number of imidazole rings is 1. The molecule has 0 N–H and O–H groups in total. The molecule has 118 valence electrons. The van der Waals surface area contributed by atoms with Gasteiger partial charge in [0, 0.05) is 11.9 Å². The molecule has 1 aromatic heterocycles. The van der Waals surface area contributed by atoms with Crippen molar-refractivity contribution in [1.82, 2.24) is 9.55 Å². The average molecular weight is 300 g/mol. The van der Waals surface area contributed by atoms with Crippen molar-refractivity contribution in [3.63, 3.8) is 0 Å². The number of hydrogen-bond donors (Lipinski definition) is 0. The zero-order valence-electron chi connectivity index (χ0n) is 13.4. The third kappa shape index (κ3) is 5.61. The number of halogens is 3. The Balaban J connectivity index is 0.000000921. The summed E-state index contributed by atoms with van der Waals surface area (Å²) in [5, 5.41) is 0. The van der Waals surface area contributed by atoms with Crippen LogP contribution in [0.25, 0.3) is 5.69 Å². The highest BCUT2D eigenvalue weighted by atomic mass is 19.4. The fourth-order valence-corrected chi connectivity index (χ4v) is 1.64. The Bertz CT molecular complexity index is 543. The first-order valence-electron chi connectivity index (χ1n) is 7.06. The van der Waals surface area contributed by atoms with Crippen molar-refractivity contribution < 1.29 is 13.2 Å². The number of alkyl halides is 3. The van der Waals surface area contributed by atoms with E-state index in [2.05, 4.69) is 4.98 Å². The minimum absolute atomic E-state index is 0.470. The van der Waals surface area contributed by atoms with E-state index < -0.39 is 11.7 Å². The van der Waals surface area contributed by atoms with Crippen molar-refractivity contribution in [3.05, 3.63) is 47.5 Å². The molecule has 0 aliphatic carbocycles. The smallest absolute Gasteiger partial charge is 0.306 e. The van der Waals surface area contributed by atoms with E-state index in [-0.39, 0.29) is 0 Å². The summed E-state index contributed by atoms with van der Waals surface area (Å²) in [6, 6.07) is 3.94. The second kappa shape index (κ2) is 8.49. The minimum atomic E-state index is -4.32. The van der Waals surface area contributed by atoms with Crippen molar-refractivity contribution in [2.75, 3.05) is 0 Å². The molecular weight excluding hydrogens is 277 g/mol. The van der Waals surface area contributed by atoms with E-state index >= 15 is 0 Å². The van der Waals surface area contributed by atoms with Gasteiger partial charge >= 0.3 is 6.18 Å². The maximum Gasteiger partial charge on any atom is 0.416 e. The van der Waals surface area contributed by atoms with E-state index in [9.17, 15) is 13.2 Å². The SMILES string of the molecule is CC.CC.Cc1cc(-n2cnc(C)c2)cc(C(F)(F)F)c1. The molecule has 0 fully saturated rings. The molecule has 0 amide bonds. The summed E-state index contributed by atoms with van der Waals surface area (Å²) in [5.41, 5.74) is 1.16. The van der Waals surface area contributed by atoms with Crippen LogP contribution >= 0.6 is 0 Å². The minimum Gasteiger partial charge on any atom is -0.306 e. The first-order valence-corrected chi connectivity index (χ1v) is 7.06. The topological polar surface area (TPSA) is 17.8 Å². The van der Waals surface area contributed by atoms with Gasteiger partial charge in [-0.2, -0.15) is 13.2 Å². The molecule has 0 saturated carbocycles. The molecule has 0 radical (unpaired) electrons. The molecule has 0 aliphatic rings. The van der Waals surface area contributed by atoms with Gasteiger partial charge in [0.15, 0.2) is 0 Å². The molecular formula is C16H23F3N2. The normalized spacial score (nSPS) is 10.1. The summed E-state index contributed by atoms with van der Waals surface area (Å²) in [6.07, 6.45) is -1.13. The maximum atomic E-state index is 12.6. The fraction of sp³-hybridized carbons (Fsp3) is 0.438. The van der Waals surface area contributed by atoms with Crippen molar-refractivity contribution in [2.24, 2.45) is 0 Å². The van der Waals surface area contributed by atoms with Gasteiger partial charge in [-0.25, -0.2) is 4.98 Å². The third-order valence-corrected chi connectivity index (χ3v) is 2.40. The Kier molecular flexibility index (Phi) is 7.77. The van der Waals surface area contributed by atoms with Gasteiger partial charge < -0.3 is 4.57 Å². The highest BCUT2D eigenvalue weighted by Crippen LogP contribution is 2.31. The molecule has 2 nitrogen and oxygen atoms in total. The number of nitrogens with zero attached hydrogens (tertiary/aromatic N) is 2. The van der Waals surface area contributed by atoms with Gasteiger partial charge in [0.1, 0.15) is 0 Å². The number of aromatic nitrogens is 2. The van der Waals surface area contributed by atoms with Crippen LogP contribution in [0.15, 0.2) is 30.7 Å². The third-order valence-electron chi connectivity index (χ3n) is 2.40. The van der Waals surface area contributed by atoms with Crippen LogP contribution in [0.4, 0.5) is 13.2 Å². The number of benzene rings is 1. The van der Waals surface area contributed by atoms with E-state index in [0.717, 1.165) is 17.8 Å². The lowest BCUT2D eigenvalue weighted by Crippen LogP contribution is -2.06. The molecule has 5 heteroatoms. The van der Waals surface area contributed by atoms with Crippen molar-refractivity contribution in [3.8, 4) is 5.69 Å². The molecule has 0 bridgehead atoms. The molecule has 1 aromatic carbocycles. The molecule has 2 aromatic rings. The first-order chi connectivity index (χ1) is 9.86. The maximum absolute atomic E-state index is 12.6. The van der Waals surface area contributed by atoms with Crippen LogP contribution in [0.2, 0.25) is 0 Å². The number of hydrogen-bond acceptors (Lipinski definition) is 1. The quantitative estimate of drug-likeness (QED) is 0.674. The zero-order valence-corrected chi connectivity index (χ0v) is 13.4. The van der Waals surface area contributed by atoms with Crippen LogP contribution in [0.5, 0.6) is 0 Å². The van der Waals surface area contributed by atoms with E-state index in [1.165, 1.54) is 6.33 Å². The van der Waals surface area contributed by atoms with E-state index in [1.54, 1.807) is 30.7 Å². The summed E-state index contributed by atoms with van der Waals surface area (Å²) >= 11 is 0. The highest BCUT2D eigenvalue weighted by Gasteiger charge is 2.31. The molecule has 2 rings (SSSR count). The summed E-state index contributed by atoms with van der Waals surface area (Å²) in [5.74, 6) is 0. The predicted molar refractivity (Wildman–Crippen MR) is 80.7 cm³/mol. The molecule has 1 heterocycles. The second-order valence-corrected chi connectivity index (χ2v) is 3.98. The van der Waals surface area contributed by atoms with Gasteiger partial charge in [0.25, 0.3) is 0 Å². The average Bonchev–Trinajstić information content (AvgIpc) is 2.88. The van der Waals surface area contributed by atoms with Crippen LogP contribution in [0.3, 0.4) is 0 Å². The monoisotopic (exact) mass is 300 g/mol. The summed E-state index contributed by atoms with van der Waals surface area (Å²) in [6.45, 7) is 11.4. The van der Waals surface area contributed by atoms with Crippen LogP contribution in [0, 0.1) is 13.8 Å². The van der Waals surface area contributed by atoms with Gasteiger partial charge in [-0.15, -0.1) is 0 Å². The Labute approximate surface area is 124 Å². The Morgan fingerprint density at radius 1 is 0.952 bits per heavy atom. The van der Waals surface area contributed by atoms with Crippen LogP contribution < -0.4 is 0 Å². The fourth-order valence-electron chi connectivity index (χ4n) is 1.64. The second-order valence-electron chi connectivity index (χ2n) is 3.98. The largest absolute Gasteiger partial charge is 0.416 e. The van der Waals surface area contributed by atoms with Gasteiger partial charge in [-0.05, 0) is 37.6 Å². The molecule has 0 saturated heterocycles. The summed E-state index contributed by atoms with van der Waals surface area (Å²) < 4.78 is 39.5. The zero-order chi connectivity index (χ0) is 16.6. The molecule has 0 spiro atoms. The molecule has 21 heavy (non-hydrogen) atoms. The Hall–Kier alpha value is -1.78. The van der Waals surface area contributed by atoms with E-state index in [0.29, 0.717) is 11.3 Å². The van der Waals surface area contributed by atoms with Crippen molar-refractivity contribution in [2.45, 2.75) is 47.7 Å². The Morgan fingerprint density at radius 3 is 1.95 bits per heavy atom. The van der Waals surface area contributed by atoms with Gasteiger partial charge in [0.05, 0.1) is 17.6 Å². The van der Waals surface area contributed by atoms with Crippen LogP contribution in [-0.2, 0) is 6.18 Å². The van der Waals surface area contributed by atoms with Crippen molar-refractivity contribution in [1.29, 1.82) is 0 Å². The lowest BCUT2D eigenvalue weighted by atomic mass is 10.1. The standard InChI is InChI=1S/C12H11F3N2.2C2H6/c1-8-3-10(12(13,14)15)5-11(4-8)17-6-9(2)16-7-17;2*1-2/h3-7H,1-2H3;2*1-2H3. The summed E-state index contributed by atoms with van der Waals surface area (Å²) in [4.78, 5) is 4.00. The predicted octanol–water partition coefficient (Wildman–Crippen LogP) is 5.56. The number of rotatable bonds is 1. The van der Waals surface area contributed by atoms with Gasteiger partial charge in [-0.3, -0.25) is 0 Å². The van der Waals surface area contributed by atoms with Crippen LogP contribution in [-0.4, -0.2) is 9.55 Å². The molecule has 0 aliphatic heterocycles. The van der Waals surface area contributed by atoms with E-state index in [4.69, 9.17) is 0 Å².